The summed E-state index contributed by atoms with van der Waals surface area (Å²) in [6.07, 6.45) is 4.11. The minimum absolute atomic E-state index is 0.00127. The standard InChI is InChI=1S/C72H116ClF3N12O12/c1-14-44(5)59-68(98)81(9)46(7)63(93)88-37-31-53(88)66(96)83(11)55(40-47-24-17-16-18-25-47)65(95)80(8)42-57(89)77-51(30-28-48-27-29-49(50(73)39-48)72(74,75)76)64(94)87-36-23-26-52(87)62(92)79-71(32-19-20-33-71)70(100)85(13)60(45(6)15-2)69(99)84(12)56(67(97)86-34-21-22-35-86)41-58(90)82(10)54(38-43(3)4)61(91)78-59/h43-56,59-60H,14-42H2,1-13H3,(H,77,89)(H,78,91)(H,79,92)/t44-,45-,46-,48?,49?,50?,51-,52-,53-,54-,55-,56-,59-,60-/m0/s1. The summed E-state index contributed by atoms with van der Waals surface area (Å²) in [5.41, 5.74) is -1.56. The third-order valence-electron chi connectivity index (χ3n) is 23.6. The number of halogens is 4. The zero-order chi connectivity index (χ0) is 74.0. The third kappa shape index (κ3) is 18.9. The molecule has 0 aromatic carbocycles. The highest BCUT2D eigenvalue weighted by molar-refractivity contribution is 6.21. The molecular formula is C72H116ClF3N12O12. The predicted molar refractivity (Wildman–Crippen MR) is 370 cm³/mol. The van der Waals surface area contributed by atoms with E-state index in [9.17, 15) is 41.9 Å². The van der Waals surface area contributed by atoms with Gasteiger partial charge in [-0.15, -0.1) is 11.6 Å². The molecule has 3 unspecified atom stereocenters. The smallest absolute Gasteiger partial charge is 0.343 e. The van der Waals surface area contributed by atoms with Crippen LogP contribution in [0.2, 0.25) is 0 Å². The van der Waals surface area contributed by atoms with Gasteiger partial charge in [-0.3, -0.25) is 57.5 Å². The van der Waals surface area contributed by atoms with E-state index in [1.807, 2.05) is 27.7 Å². The summed E-state index contributed by atoms with van der Waals surface area (Å²) in [4.78, 5) is 192. The van der Waals surface area contributed by atoms with Crippen molar-refractivity contribution in [2.75, 3.05) is 75.0 Å². The van der Waals surface area contributed by atoms with Gasteiger partial charge in [-0.05, 0) is 126 Å². The van der Waals surface area contributed by atoms with Gasteiger partial charge in [0, 0.05) is 73.8 Å². The summed E-state index contributed by atoms with van der Waals surface area (Å²) in [6, 6.07) is -10.8. The van der Waals surface area contributed by atoms with Crippen molar-refractivity contribution < 1.29 is 70.7 Å². The Morgan fingerprint density at radius 2 is 1.22 bits per heavy atom. The zero-order valence-corrected chi connectivity index (χ0v) is 62.4. The second-order valence-electron chi connectivity index (χ2n) is 30.8. The van der Waals surface area contributed by atoms with Crippen LogP contribution in [0.1, 0.15) is 203 Å². The summed E-state index contributed by atoms with van der Waals surface area (Å²) < 4.78 is 42.0. The van der Waals surface area contributed by atoms with Crippen LogP contribution < -0.4 is 16.0 Å². The Kier molecular flexibility index (Phi) is 28.6. The van der Waals surface area contributed by atoms with Gasteiger partial charge in [0.15, 0.2) is 0 Å². The van der Waals surface area contributed by atoms with Gasteiger partial charge in [0.2, 0.25) is 70.9 Å². The van der Waals surface area contributed by atoms with Gasteiger partial charge in [0.05, 0.1) is 18.9 Å². The number of nitrogens with zero attached hydrogens (tertiary/aromatic N) is 9. The first-order valence-electron chi connectivity index (χ1n) is 37.2. The summed E-state index contributed by atoms with van der Waals surface area (Å²) in [7, 11) is 8.70. The number of alkyl halides is 4. The average molecular weight is 1430 g/mol. The van der Waals surface area contributed by atoms with Gasteiger partial charge in [-0.1, -0.05) is 99.3 Å². The maximum atomic E-state index is 15.5. The second kappa shape index (κ2) is 35.3. The number of nitrogens with one attached hydrogen (secondary N) is 3. The van der Waals surface area contributed by atoms with E-state index in [1.165, 1.54) is 88.4 Å². The van der Waals surface area contributed by atoms with Crippen LogP contribution in [0.3, 0.4) is 0 Å². The van der Waals surface area contributed by atoms with E-state index in [-0.39, 0.29) is 101 Å². The van der Waals surface area contributed by atoms with E-state index in [4.69, 9.17) is 11.6 Å². The summed E-state index contributed by atoms with van der Waals surface area (Å²) in [5.74, 6) is -10.6. The van der Waals surface area contributed by atoms with Crippen molar-refractivity contribution in [2.24, 2.45) is 35.5 Å². The first kappa shape index (κ1) is 81.0. The molecule has 4 heterocycles. The first-order valence-corrected chi connectivity index (χ1v) is 37.6. The lowest BCUT2D eigenvalue weighted by atomic mass is 9.78. The molecular weight excluding hydrogens is 1320 g/mol. The highest BCUT2D eigenvalue weighted by atomic mass is 35.5. The first-order chi connectivity index (χ1) is 47.1. The maximum absolute atomic E-state index is 15.5. The molecule has 564 valence electrons. The molecule has 0 aromatic heterocycles. The Labute approximate surface area is 595 Å². The van der Waals surface area contributed by atoms with E-state index in [0.717, 1.165) is 32.1 Å². The highest BCUT2D eigenvalue weighted by Crippen LogP contribution is 2.44. The quantitative estimate of drug-likeness (QED) is 0.187. The number of likely N-dealkylation sites (tertiary alicyclic amines) is 1. The van der Waals surface area contributed by atoms with Crippen LogP contribution >= 0.6 is 11.6 Å². The number of fused-ring (bicyclic) bond motifs is 2. The Hall–Kier alpha value is -6.28. The molecule has 4 aliphatic heterocycles. The molecule has 1 spiro atoms. The average Bonchev–Trinajstić information content (AvgIpc) is 1.24. The molecule has 4 saturated heterocycles. The number of rotatable bonds is 12. The van der Waals surface area contributed by atoms with Crippen LogP contribution in [-0.2, 0) is 57.5 Å². The monoisotopic (exact) mass is 1430 g/mol. The number of carbonyl (C=O) groups excluding carboxylic acids is 12. The summed E-state index contributed by atoms with van der Waals surface area (Å²) in [5, 5.41) is 7.63. The van der Waals surface area contributed by atoms with Crippen LogP contribution in [0, 0.1) is 35.5 Å². The van der Waals surface area contributed by atoms with Crippen molar-refractivity contribution in [1.82, 2.24) is 60.0 Å². The van der Waals surface area contributed by atoms with E-state index >= 15 is 28.8 Å². The van der Waals surface area contributed by atoms with Crippen molar-refractivity contribution in [3.63, 3.8) is 0 Å². The molecule has 100 heavy (non-hydrogen) atoms. The van der Waals surface area contributed by atoms with Crippen molar-refractivity contribution in [3.8, 4) is 0 Å². The Morgan fingerprint density at radius 3 is 1.80 bits per heavy atom. The van der Waals surface area contributed by atoms with Crippen LogP contribution in [0.4, 0.5) is 13.2 Å². The van der Waals surface area contributed by atoms with Gasteiger partial charge in [0.25, 0.3) is 0 Å². The fourth-order valence-corrected chi connectivity index (χ4v) is 16.9. The van der Waals surface area contributed by atoms with Gasteiger partial charge in [-0.2, -0.15) is 13.2 Å². The molecule has 3 N–H and O–H groups in total. The topological polar surface area (TPSA) is 270 Å². The van der Waals surface area contributed by atoms with Crippen molar-refractivity contribution in [3.05, 3.63) is 0 Å². The van der Waals surface area contributed by atoms with Crippen LogP contribution in [0.5, 0.6) is 0 Å². The van der Waals surface area contributed by atoms with Crippen LogP contribution in [0.15, 0.2) is 0 Å². The fourth-order valence-electron chi connectivity index (χ4n) is 16.4. The number of carbonyl (C=O) groups is 12. The lowest BCUT2D eigenvalue weighted by Crippen LogP contribution is -2.65. The van der Waals surface area contributed by atoms with Crippen LogP contribution in [-0.4, -0.2) is 261 Å². The molecule has 12 amide bonds. The minimum Gasteiger partial charge on any atom is -0.343 e. The van der Waals surface area contributed by atoms with E-state index in [2.05, 4.69) is 16.0 Å². The molecule has 28 heteroatoms. The van der Waals surface area contributed by atoms with Gasteiger partial charge >= 0.3 is 6.18 Å². The van der Waals surface area contributed by atoms with Crippen molar-refractivity contribution in [2.45, 2.75) is 274 Å². The van der Waals surface area contributed by atoms with Gasteiger partial charge < -0.3 is 60.0 Å². The minimum atomic E-state index is -4.51. The molecule has 24 nitrogen and oxygen atoms in total. The van der Waals surface area contributed by atoms with E-state index in [1.54, 1.807) is 18.7 Å². The lowest BCUT2D eigenvalue weighted by molar-refractivity contribution is -0.182. The lowest BCUT2D eigenvalue weighted by Gasteiger charge is -2.45. The molecule has 7 rings (SSSR count). The third-order valence-corrected chi connectivity index (χ3v) is 24.1. The largest absolute Gasteiger partial charge is 0.393 e. The highest BCUT2D eigenvalue weighted by Gasteiger charge is 2.53. The number of amides is 12. The SMILES string of the molecule is CC[C@H](C)[C@@H]1NC(=O)[C@H](CC(C)C)N(C)C(=O)C[C@@H](C(=O)N2CCCC2)N(C)C(=O)[C@H]([C@@H](C)CC)N(C)C(=O)C2(CCCC2)NC(=O)[C@@H]2CCCN2C(=O)[C@H](CCC2CCC(C(F)(F)F)C(Cl)C2)NC(=O)CN(C)C(=O)[C@H](CC2CCCCC2)N(C)C(=O)[C@@H]2CCN2C(=O)[C@H](C)N(C)C1=O. The summed E-state index contributed by atoms with van der Waals surface area (Å²) >= 11 is 6.41. The Bertz CT molecular complexity index is 2940. The van der Waals surface area contributed by atoms with Gasteiger partial charge in [0.1, 0.15) is 59.9 Å². The Morgan fingerprint density at radius 1 is 0.590 bits per heavy atom. The number of likely N-dealkylation sites (N-methyl/N-ethyl adjacent to an activating group) is 6. The molecule has 0 radical (unpaired) electrons. The van der Waals surface area contributed by atoms with Crippen molar-refractivity contribution in [1.29, 1.82) is 0 Å². The predicted octanol–water partition coefficient (Wildman–Crippen LogP) is 6.09. The van der Waals surface area contributed by atoms with Gasteiger partial charge in [-0.25, -0.2) is 0 Å². The maximum Gasteiger partial charge on any atom is 0.393 e. The molecule has 3 saturated carbocycles. The molecule has 7 aliphatic rings. The van der Waals surface area contributed by atoms with E-state index in [0.29, 0.717) is 58.0 Å². The Balaban J connectivity index is 1.28. The summed E-state index contributed by atoms with van der Waals surface area (Å²) in [6.45, 7) is 12.9. The second-order valence-corrected chi connectivity index (χ2v) is 31.4. The number of hydrogen-bond donors (Lipinski definition) is 3. The van der Waals surface area contributed by atoms with E-state index < -0.39 is 173 Å². The molecule has 14 atom stereocenters. The fraction of sp³-hybridized carbons (Fsp3) is 0.833. The molecule has 0 bridgehead atoms. The van der Waals surface area contributed by atoms with Crippen molar-refractivity contribution >= 4 is 82.5 Å². The van der Waals surface area contributed by atoms with Crippen LogP contribution in [0.25, 0.3) is 0 Å². The normalized spacial score (nSPS) is 31.1. The molecule has 3 aliphatic carbocycles. The number of hydrogen-bond acceptors (Lipinski definition) is 12. The molecule has 7 fully saturated rings. The zero-order valence-electron chi connectivity index (χ0n) is 61.7. The molecule has 0 aromatic rings.